The van der Waals surface area contributed by atoms with E-state index in [0.29, 0.717) is 17.9 Å². The first-order valence-electron chi connectivity index (χ1n) is 14.2. The van der Waals surface area contributed by atoms with Crippen LogP contribution in [-0.4, -0.2) is 4.98 Å². The molecular formula is C29H57N2+. The van der Waals surface area contributed by atoms with Gasteiger partial charge in [-0.15, -0.1) is 0 Å². The summed E-state index contributed by atoms with van der Waals surface area (Å²) in [6, 6.07) is 0.612. The van der Waals surface area contributed by atoms with Gasteiger partial charge in [0.25, 0.3) is 5.82 Å². The highest BCUT2D eigenvalue weighted by molar-refractivity contribution is 4.92. The maximum Gasteiger partial charge on any atom is 0.257 e. The normalized spacial score (nSPS) is 13.7. The number of hydrogen-bond acceptors (Lipinski definition) is 0. The molecule has 0 bridgehead atoms. The molecule has 1 rings (SSSR count). The molecule has 1 aromatic rings. The summed E-state index contributed by atoms with van der Waals surface area (Å²) in [5.41, 5.74) is 0. The molecule has 0 radical (unpaired) electrons. The first-order chi connectivity index (χ1) is 15.1. The van der Waals surface area contributed by atoms with Gasteiger partial charge in [0.05, 0.1) is 12.0 Å². The lowest BCUT2D eigenvalue weighted by molar-refractivity contribution is -0.727. The number of rotatable bonds is 21. The van der Waals surface area contributed by atoms with Crippen LogP contribution in [0.2, 0.25) is 0 Å². The van der Waals surface area contributed by atoms with E-state index in [-0.39, 0.29) is 0 Å². The second-order valence-electron chi connectivity index (χ2n) is 10.5. The minimum Gasteiger partial charge on any atom is -0.247 e. The Morgan fingerprint density at radius 2 is 1.10 bits per heavy atom. The Morgan fingerprint density at radius 3 is 1.58 bits per heavy atom. The van der Waals surface area contributed by atoms with Crippen LogP contribution < -0.4 is 4.57 Å². The van der Waals surface area contributed by atoms with Gasteiger partial charge in [0.1, 0.15) is 12.4 Å². The highest BCUT2D eigenvalue weighted by atomic mass is 15.1. The minimum atomic E-state index is 0.612. The zero-order valence-electron chi connectivity index (χ0n) is 22.1. The number of H-pyrrole nitrogens is 1. The van der Waals surface area contributed by atoms with Crippen molar-refractivity contribution < 1.29 is 4.57 Å². The van der Waals surface area contributed by atoms with E-state index in [9.17, 15) is 0 Å². The Morgan fingerprint density at radius 1 is 0.645 bits per heavy atom. The van der Waals surface area contributed by atoms with Crippen LogP contribution in [0.25, 0.3) is 0 Å². The number of hydrogen-bond donors (Lipinski definition) is 1. The molecule has 2 atom stereocenters. The predicted octanol–water partition coefficient (Wildman–Crippen LogP) is 9.66. The molecule has 1 aromatic heterocycles. The summed E-state index contributed by atoms with van der Waals surface area (Å²) in [4.78, 5) is 3.63. The average molecular weight is 434 g/mol. The SMILES string of the molecule is CCCCCCCCCCCCCC(c1[nH]cc[n+]1C(C)CCCCCCC)C(C)C. The van der Waals surface area contributed by atoms with Crippen molar-refractivity contribution in [2.45, 2.75) is 162 Å². The molecule has 0 fully saturated rings. The first-order valence-corrected chi connectivity index (χ1v) is 14.2. The molecule has 182 valence electrons. The van der Waals surface area contributed by atoms with Crippen LogP contribution in [0.15, 0.2) is 12.4 Å². The number of aromatic nitrogens is 2. The van der Waals surface area contributed by atoms with E-state index in [4.69, 9.17) is 0 Å². The van der Waals surface area contributed by atoms with E-state index >= 15 is 0 Å². The van der Waals surface area contributed by atoms with Crippen molar-refractivity contribution in [2.24, 2.45) is 5.92 Å². The quantitative estimate of drug-likeness (QED) is 0.147. The summed E-state index contributed by atoms with van der Waals surface area (Å²) < 4.78 is 2.56. The van der Waals surface area contributed by atoms with E-state index in [1.54, 1.807) is 0 Å². The summed E-state index contributed by atoms with van der Waals surface area (Å²) in [6.07, 6.45) is 29.7. The van der Waals surface area contributed by atoms with Crippen LogP contribution in [0.5, 0.6) is 0 Å². The van der Waals surface area contributed by atoms with Crippen LogP contribution in [0.3, 0.4) is 0 Å². The fourth-order valence-electron chi connectivity index (χ4n) is 5.04. The van der Waals surface area contributed by atoms with Crippen LogP contribution in [-0.2, 0) is 0 Å². The summed E-state index contributed by atoms with van der Waals surface area (Å²) in [7, 11) is 0. The molecule has 0 spiro atoms. The molecule has 0 aromatic carbocycles. The Hall–Kier alpha value is -0.790. The smallest absolute Gasteiger partial charge is 0.247 e. The molecule has 1 N–H and O–H groups in total. The van der Waals surface area contributed by atoms with Gasteiger partial charge < -0.3 is 0 Å². The monoisotopic (exact) mass is 433 g/mol. The van der Waals surface area contributed by atoms with Crippen molar-refractivity contribution in [2.75, 3.05) is 0 Å². The lowest BCUT2D eigenvalue weighted by Gasteiger charge is -2.20. The third kappa shape index (κ3) is 12.7. The molecule has 0 aliphatic rings. The molecule has 2 unspecified atom stereocenters. The molecule has 2 nitrogen and oxygen atoms in total. The molecule has 0 saturated carbocycles. The van der Waals surface area contributed by atoms with E-state index in [0.717, 1.165) is 0 Å². The third-order valence-corrected chi connectivity index (χ3v) is 7.22. The van der Waals surface area contributed by atoms with Crippen LogP contribution >= 0.6 is 0 Å². The number of nitrogens with zero attached hydrogens (tertiary/aromatic N) is 1. The van der Waals surface area contributed by atoms with Crippen molar-refractivity contribution in [3.8, 4) is 0 Å². The van der Waals surface area contributed by atoms with E-state index in [2.05, 4.69) is 56.6 Å². The number of aromatic amines is 1. The van der Waals surface area contributed by atoms with Gasteiger partial charge in [-0.3, -0.25) is 0 Å². The second kappa shape index (κ2) is 18.8. The fourth-order valence-corrected chi connectivity index (χ4v) is 5.04. The second-order valence-corrected chi connectivity index (χ2v) is 10.5. The number of unbranched alkanes of at least 4 members (excludes halogenated alkanes) is 14. The average Bonchev–Trinajstić information content (AvgIpc) is 3.23. The van der Waals surface area contributed by atoms with Crippen LogP contribution in [0.4, 0.5) is 0 Å². The van der Waals surface area contributed by atoms with Crippen molar-refractivity contribution in [1.29, 1.82) is 0 Å². The highest BCUT2D eigenvalue weighted by Gasteiger charge is 2.27. The van der Waals surface area contributed by atoms with Gasteiger partial charge >= 0.3 is 0 Å². The lowest BCUT2D eigenvalue weighted by atomic mass is 9.89. The topological polar surface area (TPSA) is 19.7 Å². The van der Waals surface area contributed by atoms with Crippen molar-refractivity contribution >= 4 is 0 Å². The van der Waals surface area contributed by atoms with Crippen molar-refractivity contribution in [3.05, 3.63) is 18.2 Å². The van der Waals surface area contributed by atoms with Gasteiger partial charge in [-0.25, -0.2) is 9.55 Å². The van der Waals surface area contributed by atoms with Gasteiger partial charge in [-0.05, 0) is 32.1 Å². The maximum atomic E-state index is 3.63. The minimum absolute atomic E-state index is 0.612. The van der Waals surface area contributed by atoms with Gasteiger partial charge in [-0.2, -0.15) is 0 Å². The lowest BCUT2D eigenvalue weighted by Crippen LogP contribution is -2.41. The van der Waals surface area contributed by atoms with Crippen molar-refractivity contribution in [1.82, 2.24) is 4.98 Å². The number of imidazole rings is 1. The predicted molar refractivity (Wildman–Crippen MR) is 138 cm³/mol. The Balaban J connectivity index is 2.30. The van der Waals surface area contributed by atoms with Crippen LogP contribution in [0, 0.1) is 5.92 Å². The van der Waals surface area contributed by atoms with E-state index in [1.165, 1.54) is 121 Å². The fraction of sp³-hybridized carbons (Fsp3) is 0.897. The molecule has 0 saturated heterocycles. The van der Waals surface area contributed by atoms with Crippen molar-refractivity contribution in [3.63, 3.8) is 0 Å². The van der Waals surface area contributed by atoms with Gasteiger partial charge in [0.2, 0.25) is 0 Å². The highest BCUT2D eigenvalue weighted by Crippen LogP contribution is 2.28. The standard InChI is InChI=1S/C29H56N2/c1-6-8-10-12-13-14-15-16-17-19-21-23-28(26(3)4)29-30-24-25-31(29)27(5)22-20-18-11-9-7-2/h24-28H,6-23H2,1-5H3/p+1. The molecular weight excluding hydrogens is 376 g/mol. The molecule has 0 aliphatic carbocycles. The van der Waals surface area contributed by atoms with Gasteiger partial charge in [0, 0.05) is 0 Å². The molecule has 31 heavy (non-hydrogen) atoms. The summed E-state index contributed by atoms with van der Waals surface area (Å²) in [5.74, 6) is 2.84. The van der Waals surface area contributed by atoms with Gasteiger partial charge in [-0.1, -0.05) is 124 Å². The third-order valence-electron chi connectivity index (χ3n) is 7.22. The van der Waals surface area contributed by atoms with Gasteiger partial charge in [0.15, 0.2) is 0 Å². The molecule has 0 aliphatic heterocycles. The molecule has 2 heteroatoms. The summed E-state index contributed by atoms with van der Waals surface area (Å²) in [6.45, 7) is 11.8. The largest absolute Gasteiger partial charge is 0.257 e. The maximum absolute atomic E-state index is 3.63. The summed E-state index contributed by atoms with van der Waals surface area (Å²) in [5, 5.41) is 0. The zero-order valence-corrected chi connectivity index (χ0v) is 22.1. The van der Waals surface area contributed by atoms with Crippen LogP contribution in [0.1, 0.15) is 168 Å². The Labute approximate surface area is 196 Å². The Bertz CT molecular complexity index is 505. The number of nitrogens with one attached hydrogen (secondary N) is 1. The van der Waals surface area contributed by atoms with E-state index < -0.39 is 0 Å². The molecule has 0 amide bonds. The first kappa shape index (κ1) is 28.2. The molecule has 1 heterocycles. The van der Waals surface area contributed by atoms with E-state index in [1.807, 2.05) is 0 Å². The Kier molecular flexibility index (Phi) is 17.1. The summed E-state index contributed by atoms with van der Waals surface area (Å²) >= 11 is 0. The zero-order chi connectivity index (χ0) is 22.7.